The van der Waals surface area contributed by atoms with Crippen molar-refractivity contribution < 1.29 is 4.79 Å². The Morgan fingerprint density at radius 1 is 1.12 bits per heavy atom. The molecule has 0 unspecified atom stereocenters. The maximum absolute atomic E-state index is 9.17. The summed E-state index contributed by atoms with van der Waals surface area (Å²) in [6.45, 7) is 10.9. The van der Waals surface area contributed by atoms with Crippen LogP contribution in [0.5, 0.6) is 0 Å². The highest BCUT2D eigenvalue weighted by molar-refractivity contribution is 5.48. The van der Waals surface area contributed by atoms with E-state index >= 15 is 0 Å². The standard InChI is InChI=1S/C26H37N3.C3H6O/c1-20(2)25-16-27-29(19-25)18-22-8-12-28(13-9-22)17-21-4-6-23(7-5-21)24-14-26(15-24)10-3-11-26;1-2-3-4/h4-7,16,19-20,22,24H,3,8-15,17-18H2,1-2H3;3H,2H2,1H3. The van der Waals surface area contributed by atoms with E-state index in [4.69, 9.17) is 0 Å². The van der Waals surface area contributed by atoms with Crippen molar-refractivity contribution in [2.75, 3.05) is 13.1 Å². The molecule has 4 heteroatoms. The van der Waals surface area contributed by atoms with Crippen molar-refractivity contribution in [2.45, 2.75) is 97.1 Å². The molecule has 2 saturated carbocycles. The zero-order valence-corrected chi connectivity index (χ0v) is 21.0. The summed E-state index contributed by atoms with van der Waals surface area (Å²) in [6, 6.07) is 9.62. The maximum atomic E-state index is 9.17. The van der Waals surface area contributed by atoms with Gasteiger partial charge in [-0.05, 0) is 91.5 Å². The highest BCUT2D eigenvalue weighted by atomic mass is 16.1. The highest BCUT2D eigenvalue weighted by Gasteiger charge is 2.48. The first-order valence-electron chi connectivity index (χ1n) is 13.3. The Balaban J connectivity index is 0.000000601. The molecular formula is C29H43N3O. The first-order valence-corrected chi connectivity index (χ1v) is 13.3. The van der Waals surface area contributed by atoms with Crippen molar-refractivity contribution in [2.24, 2.45) is 11.3 Å². The van der Waals surface area contributed by atoms with Crippen LogP contribution >= 0.6 is 0 Å². The topological polar surface area (TPSA) is 38.1 Å². The lowest BCUT2D eigenvalue weighted by atomic mass is 9.51. The zero-order valence-electron chi connectivity index (χ0n) is 21.0. The van der Waals surface area contributed by atoms with E-state index in [2.05, 4.69) is 59.0 Å². The third kappa shape index (κ3) is 6.15. The molecule has 33 heavy (non-hydrogen) atoms. The number of likely N-dealkylation sites (tertiary alicyclic amines) is 1. The van der Waals surface area contributed by atoms with E-state index < -0.39 is 0 Å². The van der Waals surface area contributed by atoms with Crippen molar-refractivity contribution in [3.63, 3.8) is 0 Å². The van der Waals surface area contributed by atoms with Gasteiger partial charge in [-0.1, -0.05) is 51.5 Å². The molecule has 1 aromatic carbocycles. The number of hydrogen-bond donors (Lipinski definition) is 0. The smallest absolute Gasteiger partial charge is 0.119 e. The number of aldehydes is 1. The van der Waals surface area contributed by atoms with Crippen molar-refractivity contribution in [3.8, 4) is 0 Å². The van der Waals surface area contributed by atoms with Gasteiger partial charge < -0.3 is 4.79 Å². The van der Waals surface area contributed by atoms with Crippen molar-refractivity contribution >= 4 is 6.29 Å². The third-order valence-corrected chi connectivity index (χ3v) is 8.27. The normalized spacial score (nSPS) is 20.7. The molecular weight excluding hydrogens is 406 g/mol. The summed E-state index contributed by atoms with van der Waals surface area (Å²) in [4.78, 5) is 11.8. The minimum Gasteiger partial charge on any atom is -0.303 e. The maximum Gasteiger partial charge on any atom is 0.119 e. The fourth-order valence-electron chi connectivity index (χ4n) is 5.83. The number of nitrogens with zero attached hydrogens (tertiary/aromatic N) is 3. The Labute approximate surface area is 200 Å². The van der Waals surface area contributed by atoms with Gasteiger partial charge in [0.2, 0.25) is 0 Å². The lowest BCUT2D eigenvalue weighted by Gasteiger charge is -2.54. The Kier molecular flexibility index (Phi) is 8.06. The summed E-state index contributed by atoms with van der Waals surface area (Å²) in [5, 5.41) is 4.57. The van der Waals surface area contributed by atoms with Crippen LogP contribution in [0.2, 0.25) is 0 Å². The molecule has 1 saturated heterocycles. The Hall–Kier alpha value is -1.94. The molecule has 0 radical (unpaired) electrons. The molecule has 0 bridgehead atoms. The molecule has 180 valence electrons. The third-order valence-electron chi connectivity index (χ3n) is 8.27. The molecule has 1 spiro atoms. The minimum absolute atomic E-state index is 0.570. The van der Waals surface area contributed by atoms with Crippen LogP contribution in [0.4, 0.5) is 0 Å². The number of piperidine rings is 1. The fraction of sp³-hybridized carbons (Fsp3) is 0.655. The molecule has 2 heterocycles. The lowest BCUT2D eigenvalue weighted by molar-refractivity contribution is -0.107. The van der Waals surface area contributed by atoms with Gasteiger partial charge in [0.25, 0.3) is 0 Å². The van der Waals surface area contributed by atoms with E-state index in [-0.39, 0.29) is 0 Å². The lowest BCUT2D eigenvalue weighted by Crippen LogP contribution is -2.41. The SMILES string of the molecule is CC(C)c1cnn(CC2CCN(Cc3ccc(C4CC5(CCC5)C4)cc3)CC2)c1.CCC=O. The minimum atomic E-state index is 0.570. The molecule has 2 aliphatic carbocycles. The van der Waals surface area contributed by atoms with Crippen molar-refractivity contribution in [3.05, 3.63) is 53.3 Å². The Morgan fingerprint density at radius 2 is 1.79 bits per heavy atom. The number of aromatic nitrogens is 2. The van der Waals surface area contributed by atoms with Crippen LogP contribution in [-0.2, 0) is 17.9 Å². The second-order valence-electron chi connectivity index (χ2n) is 11.1. The summed E-state index contributed by atoms with van der Waals surface area (Å²) in [6.07, 6.45) is 15.8. The van der Waals surface area contributed by atoms with Gasteiger partial charge in [-0.2, -0.15) is 5.10 Å². The van der Waals surface area contributed by atoms with Crippen LogP contribution in [0, 0.1) is 11.3 Å². The van der Waals surface area contributed by atoms with Gasteiger partial charge in [0.1, 0.15) is 6.29 Å². The molecule has 0 atom stereocenters. The van der Waals surface area contributed by atoms with Gasteiger partial charge >= 0.3 is 0 Å². The molecule has 3 fully saturated rings. The summed E-state index contributed by atoms with van der Waals surface area (Å²) < 4.78 is 2.17. The summed E-state index contributed by atoms with van der Waals surface area (Å²) in [5.74, 6) is 2.19. The van der Waals surface area contributed by atoms with Crippen LogP contribution in [0.1, 0.15) is 101 Å². The molecule has 0 amide bonds. The summed E-state index contributed by atoms with van der Waals surface area (Å²) in [5.41, 5.74) is 5.21. The van der Waals surface area contributed by atoms with Crippen LogP contribution in [0.25, 0.3) is 0 Å². The second kappa shape index (κ2) is 11.0. The van der Waals surface area contributed by atoms with Crippen molar-refractivity contribution in [1.82, 2.24) is 14.7 Å². The molecule has 1 aliphatic heterocycles. The average Bonchev–Trinajstić information content (AvgIpc) is 3.23. The van der Waals surface area contributed by atoms with Gasteiger partial charge in [-0.25, -0.2) is 0 Å². The zero-order chi connectivity index (χ0) is 23.3. The monoisotopic (exact) mass is 449 g/mol. The Morgan fingerprint density at radius 3 is 2.30 bits per heavy atom. The number of carbonyl (C=O) groups is 1. The van der Waals surface area contributed by atoms with Gasteiger partial charge in [0.15, 0.2) is 0 Å². The second-order valence-corrected chi connectivity index (χ2v) is 11.1. The van der Waals surface area contributed by atoms with Gasteiger partial charge in [0, 0.05) is 25.7 Å². The predicted molar refractivity (Wildman–Crippen MR) is 135 cm³/mol. The first-order chi connectivity index (χ1) is 16.0. The van der Waals surface area contributed by atoms with Crippen LogP contribution in [0.3, 0.4) is 0 Å². The number of rotatable bonds is 7. The molecule has 0 N–H and O–H groups in total. The summed E-state index contributed by atoms with van der Waals surface area (Å²) in [7, 11) is 0. The molecule has 3 aliphatic rings. The van der Waals surface area contributed by atoms with E-state index in [9.17, 15) is 4.79 Å². The average molecular weight is 450 g/mol. The fourth-order valence-corrected chi connectivity index (χ4v) is 5.83. The Bertz CT molecular complexity index is 865. The van der Waals surface area contributed by atoms with Gasteiger partial charge in [0.05, 0.1) is 6.20 Å². The van der Waals surface area contributed by atoms with Crippen LogP contribution in [0.15, 0.2) is 36.7 Å². The van der Waals surface area contributed by atoms with Crippen LogP contribution < -0.4 is 0 Å². The summed E-state index contributed by atoms with van der Waals surface area (Å²) >= 11 is 0. The van der Waals surface area contributed by atoms with E-state index in [0.717, 1.165) is 36.6 Å². The van der Waals surface area contributed by atoms with Crippen molar-refractivity contribution in [1.29, 1.82) is 0 Å². The molecule has 2 aromatic rings. The quantitative estimate of drug-likeness (QED) is 0.449. The van der Waals surface area contributed by atoms with E-state index in [1.807, 2.05) is 13.1 Å². The number of hydrogen-bond acceptors (Lipinski definition) is 3. The number of carbonyl (C=O) groups excluding carboxylic acids is 1. The van der Waals surface area contributed by atoms with Gasteiger partial charge in [-0.15, -0.1) is 0 Å². The largest absolute Gasteiger partial charge is 0.303 e. The van der Waals surface area contributed by atoms with E-state index in [0.29, 0.717) is 12.3 Å². The van der Waals surface area contributed by atoms with E-state index in [1.165, 1.54) is 69.2 Å². The predicted octanol–water partition coefficient (Wildman–Crippen LogP) is 6.56. The van der Waals surface area contributed by atoms with Gasteiger partial charge in [-0.3, -0.25) is 9.58 Å². The number of benzene rings is 1. The molecule has 5 rings (SSSR count). The molecule has 1 aromatic heterocycles. The highest BCUT2D eigenvalue weighted by Crippen LogP contribution is 2.61. The van der Waals surface area contributed by atoms with Crippen LogP contribution in [-0.4, -0.2) is 34.1 Å². The van der Waals surface area contributed by atoms with E-state index in [1.54, 1.807) is 5.56 Å². The molecule has 4 nitrogen and oxygen atoms in total. The first kappa shape index (κ1) is 24.2.